The number of aromatic amines is 1. The van der Waals surface area contributed by atoms with Gasteiger partial charge in [0.25, 0.3) is 0 Å². The summed E-state index contributed by atoms with van der Waals surface area (Å²) in [5.74, 6) is 0.447. The largest absolute Gasteiger partial charge is 0.379 e. The molecule has 4 aromatic heterocycles. The van der Waals surface area contributed by atoms with Crippen molar-refractivity contribution in [2.75, 3.05) is 31.6 Å². The highest BCUT2D eigenvalue weighted by Gasteiger charge is 2.27. The zero-order valence-electron chi connectivity index (χ0n) is 18.3. The number of morpholine rings is 1. The van der Waals surface area contributed by atoms with Crippen LogP contribution in [0.1, 0.15) is 25.7 Å². The van der Waals surface area contributed by atoms with E-state index in [1.807, 2.05) is 6.07 Å². The molecule has 2 N–H and O–H groups in total. The van der Waals surface area contributed by atoms with Gasteiger partial charge in [-0.05, 0) is 37.8 Å². The van der Waals surface area contributed by atoms with Crippen LogP contribution in [-0.4, -0.2) is 68.2 Å². The molecule has 1 aliphatic carbocycles. The number of pyridine rings is 2. The van der Waals surface area contributed by atoms with Crippen molar-refractivity contribution in [3.05, 3.63) is 42.9 Å². The minimum absolute atomic E-state index is 0.374. The quantitative estimate of drug-likeness (QED) is 0.492. The molecule has 1 aliphatic heterocycles. The molecule has 0 bridgehead atoms. The number of halogens is 1. The van der Waals surface area contributed by atoms with Crippen LogP contribution in [0, 0.1) is 5.82 Å². The van der Waals surface area contributed by atoms with E-state index in [0.717, 1.165) is 66.9 Å². The van der Waals surface area contributed by atoms with Crippen LogP contribution in [0.4, 0.5) is 10.2 Å². The van der Waals surface area contributed by atoms with Crippen LogP contribution in [-0.2, 0) is 4.74 Å². The van der Waals surface area contributed by atoms with Gasteiger partial charge < -0.3 is 15.0 Å². The van der Waals surface area contributed by atoms with Gasteiger partial charge >= 0.3 is 0 Å². The molecule has 0 radical (unpaired) electrons. The average Bonchev–Trinajstić information content (AvgIpc) is 3.24. The molecule has 2 fully saturated rings. The van der Waals surface area contributed by atoms with Crippen LogP contribution in [0.3, 0.4) is 0 Å². The number of fused-ring (bicyclic) bond motifs is 3. The predicted octanol–water partition coefficient (Wildman–Crippen LogP) is 3.76. The Hall–Kier alpha value is -3.17. The maximum Gasteiger partial charge on any atom is 0.143 e. The molecule has 8 nitrogen and oxygen atoms in total. The smallest absolute Gasteiger partial charge is 0.143 e. The van der Waals surface area contributed by atoms with E-state index >= 15 is 0 Å². The lowest BCUT2D eigenvalue weighted by molar-refractivity contribution is 0.00791. The number of nitrogens with zero attached hydrogens (tertiary/aromatic N) is 5. The highest BCUT2D eigenvalue weighted by atomic mass is 19.1. The van der Waals surface area contributed by atoms with Crippen LogP contribution in [0.5, 0.6) is 0 Å². The summed E-state index contributed by atoms with van der Waals surface area (Å²) in [5, 5.41) is 5.59. The fraction of sp³-hybridized carbons (Fsp3) is 0.417. The van der Waals surface area contributed by atoms with Crippen LogP contribution < -0.4 is 5.32 Å². The van der Waals surface area contributed by atoms with E-state index in [9.17, 15) is 4.39 Å². The molecule has 6 rings (SSSR count). The third-order valence-corrected chi connectivity index (χ3v) is 6.87. The second kappa shape index (κ2) is 8.64. The summed E-state index contributed by atoms with van der Waals surface area (Å²) in [7, 11) is 0. The fourth-order valence-electron chi connectivity index (χ4n) is 5.17. The van der Waals surface area contributed by atoms with Gasteiger partial charge in [-0.2, -0.15) is 0 Å². The van der Waals surface area contributed by atoms with Gasteiger partial charge in [0.2, 0.25) is 0 Å². The first-order valence-electron chi connectivity index (χ1n) is 11.6. The lowest BCUT2D eigenvalue weighted by Crippen LogP contribution is -2.46. The maximum absolute atomic E-state index is 13.7. The molecule has 170 valence electrons. The number of hydrogen-bond donors (Lipinski definition) is 2. The average molecular weight is 448 g/mol. The predicted molar refractivity (Wildman–Crippen MR) is 124 cm³/mol. The van der Waals surface area contributed by atoms with E-state index < -0.39 is 0 Å². The first-order chi connectivity index (χ1) is 16.2. The van der Waals surface area contributed by atoms with Crippen molar-refractivity contribution in [2.45, 2.75) is 37.8 Å². The molecule has 5 heterocycles. The fourth-order valence-corrected chi connectivity index (χ4v) is 5.17. The molecule has 2 aliphatic rings. The van der Waals surface area contributed by atoms with Crippen molar-refractivity contribution < 1.29 is 9.13 Å². The summed E-state index contributed by atoms with van der Waals surface area (Å²) in [6.45, 7) is 3.78. The van der Waals surface area contributed by atoms with E-state index in [1.165, 1.54) is 25.1 Å². The maximum atomic E-state index is 13.7. The Balaban J connectivity index is 1.27. The molecular formula is C24H26FN7O. The van der Waals surface area contributed by atoms with Crippen molar-refractivity contribution in [1.29, 1.82) is 0 Å². The van der Waals surface area contributed by atoms with Crippen LogP contribution >= 0.6 is 0 Å². The third-order valence-electron chi connectivity index (χ3n) is 6.87. The highest BCUT2D eigenvalue weighted by molar-refractivity contribution is 6.11. The summed E-state index contributed by atoms with van der Waals surface area (Å²) in [4.78, 5) is 23.4. The SMILES string of the molecule is Fc1cncc(-c2cc3c(cn2)[nH]c2ncnc(N[C@H]4CC[C@H](N5CCOCC5)CC4)c23)c1. The van der Waals surface area contributed by atoms with Crippen molar-refractivity contribution in [3.8, 4) is 11.3 Å². The normalized spacial score (nSPS) is 22.1. The van der Waals surface area contributed by atoms with Crippen molar-refractivity contribution in [1.82, 2.24) is 29.8 Å². The van der Waals surface area contributed by atoms with E-state index in [-0.39, 0.29) is 5.82 Å². The first-order valence-corrected chi connectivity index (χ1v) is 11.6. The number of aromatic nitrogens is 5. The molecule has 4 aromatic rings. The molecular weight excluding hydrogens is 421 g/mol. The number of hydrogen-bond acceptors (Lipinski definition) is 7. The Morgan fingerprint density at radius 1 is 1.00 bits per heavy atom. The topological polar surface area (TPSA) is 91.8 Å². The standard InChI is InChI=1S/C24H26FN7O/c25-16-9-15(11-26-12-16)20-10-19-21(13-27-20)31-24-22(19)23(28-14-29-24)30-17-1-3-18(4-2-17)32-5-7-33-8-6-32/h9-14,17-18H,1-8H2,(H2,28,29,30,31)/t17-,18-. The number of rotatable bonds is 4. The summed E-state index contributed by atoms with van der Waals surface area (Å²) in [6, 6.07) is 4.42. The molecule has 1 saturated carbocycles. The second-order valence-corrected chi connectivity index (χ2v) is 8.88. The number of ether oxygens (including phenoxy) is 1. The lowest BCUT2D eigenvalue weighted by atomic mass is 9.90. The molecule has 0 amide bonds. The van der Waals surface area contributed by atoms with Gasteiger partial charge in [-0.3, -0.25) is 14.9 Å². The minimum Gasteiger partial charge on any atom is -0.379 e. The van der Waals surface area contributed by atoms with E-state index in [4.69, 9.17) is 4.74 Å². The first kappa shape index (κ1) is 20.4. The Labute approximate surface area is 190 Å². The zero-order chi connectivity index (χ0) is 22.2. The Morgan fingerprint density at radius 3 is 2.67 bits per heavy atom. The van der Waals surface area contributed by atoms with E-state index in [0.29, 0.717) is 23.3 Å². The van der Waals surface area contributed by atoms with Crippen LogP contribution in [0.15, 0.2) is 37.1 Å². The van der Waals surface area contributed by atoms with Crippen LogP contribution in [0.2, 0.25) is 0 Å². The van der Waals surface area contributed by atoms with Gasteiger partial charge in [0.15, 0.2) is 0 Å². The summed E-state index contributed by atoms with van der Waals surface area (Å²) < 4.78 is 19.2. The molecule has 0 atom stereocenters. The Morgan fingerprint density at radius 2 is 1.85 bits per heavy atom. The summed E-state index contributed by atoms with van der Waals surface area (Å²) >= 11 is 0. The van der Waals surface area contributed by atoms with Gasteiger partial charge in [-0.15, -0.1) is 0 Å². The van der Waals surface area contributed by atoms with E-state index in [1.54, 1.807) is 18.7 Å². The van der Waals surface area contributed by atoms with Crippen LogP contribution in [0.25, 0.3) is 33.2 Å². The van der Waals surface area contributed by atoms with Crippen molar-refractivity contribution >= 4 is 27.8 Å². The van der Waals surface area contributed by atoms with E-state index in [2.05, 4.69) is 35.1 Å². The number of anilines is 1. The van der Waals surface area contributed by atoms with Gasteiger partial charge in [0.05, 0.1) is 42.2 Å². The molecule has 1 saturated heterocycles. The van der Waals surface area contributed by atoms with Gasteiger partial charge in [0, 0.05) is 42.3 Å². The number of nitrogens with one attached hydrogen (secondary N) is 2. The molecule has 33 heavy (non-hydrogen) atoms. The molecule has 0 spiro atoms. The van der Waals surface area contributed by atoms with Gasteiger partial charge in [-0.25, -0.2) is 14.4 Å². The third kappa shape index (κ3) is 4.02. The minimum atomic E-state index is -0.383. The van der Waals surface area contributed by atoms with Crippen molar-refractivity contribution in [2.24, 2.45) is 0 Å². The molecule has 9 heteroatoms. The Kier molecular flexibility index (Phi) is 5.35. The zero-order valence-corrected chi connectivity index (χ0v) is 18.3. The summed E-state index contributed by atoms with van der Waals surface area (Å²) in [6.07, 6.45) is 10.7. The van der Waals surface area contributed by atoms with Gasteiger partial charge in [0.1, 0.15) is 23.6 Å². The number of H-pyrrole nitrogens is 1. The highest BCUT2D eigenvalue weighted by Crippen LogP contribution is 2.33. The molecule has 0 unspecified atom stereocenters. The summed E-state index contributed by atoms with van der Waals surface area (Å²) in [5.41, 5.74) is 2.94. The van der Waals surface area contributed by atoms with Gasteiger partial charge in [-0.1, -0.05) is 0 Å². The lowest BCUT2D eigenvalue weighted by Gasteiger charge is -2.39. The monoisotopic (exact) mass is 447 g/mol. The molecule has 0 aromatic carbocycles. The van der Waals surface area contributed by atoms with Crippen molar-refractivity contribution in [3.63, 3.8) is 0 Å². The second-order valence-electron chi connectivity index (χ2n) is 8.88. The Bertz CT molecular complexity index is 1280.